The molecule has 26 heavy (non-hydrogen) atoms. The predicted molar refractivity (Wildman–Crippen MR) is 110 cm³/mol. The fourth-order valence-electron chi connectivity index (χ4n) is 3.29. The van der Waals surface area contributed by atoms with Gasteiger partial charge in [0.15, 0.2) is 0 Å². The van der Waals surface area contributed by atoms with E-state index in [1.807, 2.05) is 13.0 Å². The maximum Gasteiger partial charge on any atom is 0.266 e. The smallest absolute Gasteiger partial charge is 0.266 e. The third-order valence-electron chi connectivity index (χ3n) is 4.48. The molecule has 3 rings (SSSR count). The van der Waals surface area contributed by atoms with Crippen LogP contribution in [0.1, 0.15) is 19.4 Å². The number of fused-ring (bicyclic) bond motifs is 1. The first kappa shape index (κ1) is 19.4. The highest BCUT2D eigenvalue weighted by Gasteiger charge is 2.36. The summed E-state index contributed by atoms with van der Waals surface area (Å²) in [4.78, 5) is 13.9. The van der Waals surface area contributed by atoms with Crippen LogP contribution in [-0.4, -0.2) is 27.4 Å². The van der Waals surface area contributed by atoms with Gasteiger partial charge in [-0.15, -0.1) is 0 Å². The molecule has 0 spiro atoms. The zero-order valence-corrected chi connectivity index (χ0v) is 18.5. The molecule has 0 aliphatic carbocycles. The number of amides is 1. The number of sulfonamides is 1. The van der Waals surface area contributed by atoms with Gasteiger partial charge in [-0.3, -0.25) is 9.10 Å². The molecule has 1 unspecified atom stereocenters. The highest BCUT2D eigenvalue weighted by Crippen LogP contribution is 2.41. The van der Waals surface area contributed by atoms with Crippen LogP contribution in [0.15, 0.2) is 50.2 Å². The van der Waals surface area contributed by atoms with Gasteiger partial charge in [0, 0.05) is 29.0 Å². The molecule has 0 fully saturated rings. The van der Waals surface area contributed by atoms with Crippen molar-refractivity contribution in [1.29, 1.82) is 0 Å². The van der Waals surface area contributed by atoms with Crippen LogP contribution in [0.5, 0.6) is 0 Å². The van der Waals surface area contributed by atoms with Gasteiger partial charge in [0.1, 0.15) is 4.90 Å². The average Bonchev–Trinajstić information content (AvgIpc) is 2.89. The Morgan fingerprint density at radius 3 is 2.35 bits per heavy atom. The highest BCUT2D eigenvalue weighted by molar-refractivity contribution is 9.10. The summed E-state index contributed by atoms with van der Waals surface area (Å²) in [7, 11) is -2.33. The van der Waals surface area contributed by atoms with Crippen LogP contribution in [0.25, 0.3) is 0 Å². The standard InChI is InChI=1S/C18H18Br2N2O3S/c1-11-8-13-9-15(20)10-17(18(13)22(11)12(2)23)26(24,25)21(3)16-6-4-14(19)5-7-16/h4-7,9-11H,8H2,1-3H3. The third kappa shape index (κ3) is 3.30. The lowest BCUT2D eigenvalue weighted by Crippen LogP contribution is -2.35. The molecule has 2 aromatic rings. The lowest BCUT2D eigenvalue weighted by Gasteiger charge is -2.26. The van der Waals surface area contributed by atoms with Gasteiger partial charge in [-0.05, 0) is 55.3 Å². The molecular weight excluding hydrogens is 484 g/mol. The molecule has 1 heterocycles. The van der Waals surface area contributed by atoms with Gasteiger partial charge in [0.05, 0.1) is 11.4 Å². The Labute approximate surface area is 170 Å². The molecule has 1 amide bonds. The second-order valence-electron chi connectivity index (χ2n) is 6.30. The van der Waals surface area contributed by atoms with Crippen molar-refractivity contribution in [1.82, 2.24) is 0 Å². The molecule has 0 bridgehead atoms. The average molecular weight is 502 g/mol. The van der Waals surface area contributed by atoms with Crippen molar-refractivity contribution in [2.75, 3.05) is 16.3 Å². The van der Waals surface area contributed by atoms with Gasteiger partial charge in [-0.2, -0.15) is 0 Å². The molecule has 1 aliphatic heterocycles. The van der Waals surface area contributed by atoms with Crippen LogP contribution in [0.4, 0.5) is 11.4 Å². The summed E-state index contributed by atoms with van der Waals surface area (Å²) < 4.78 is 29.5. The van der Waals surface area contributed by atoms with Crippen molar-refractivity contribution >= 4 is 59.2 Å². The number of carbonyl (C=O) groups excluding carboxylic acids is 1. The molecule has 0 saturated carbocycles. The first-order chi connectivity index (χ1) is 12.1. The highest BCUT2D eigenvalue weighted by atomic mass is 79.9. The number of nitrogens with zero attached hydrogens (tertiary/aromatic N) is 2. The first-order valence-corrected chi connectivity index (χ1v) is 11.0. The van der Waals surface area contributed by atoms with E-state index in [2.05, 4.69) is 31.9 Å². The number of hydrogen-bond acceptors (Lipinski definition) is 3. The second kappa shape index (κ2) is 6.98. The Balaban J connectivity index is 2.17. The van der Waals surface area contributed by atoms with Gasteiger partial charge in [0.2, 0.25) is 5.91 Å². The predicted octanol–water partition coefficient (Wildman–Crippen LogP) is 4.33. The van der Waals surface area contributed by atoms with E-state index in [1.54, 1.807) is 35.2 Å². The van der Waals surface area contributed by atoms with Gasteiger partial charge in [-0.1, -0.05) is 31.9 Å². The summed E-state index contributed by atoms with van der Waals surface area (Å²) in [6.45, 7) is 3.38. The zero-order chi connectivity index (χ0) is 19.2. The number of anilines is 2. The fourth-order valence-corrected chi connectivity index (χ4v) is 5.65. The minimum absolute atomic E-state index is 0.0799. The Kier molecular flexibility index (Phi) is 5.20. The Hall–Kier alpha value is -1.38. The van der Waals surface area contributed by atoms with E-state index in [0.29, 0.717) is 22.3 Å². The van der Waals surface area contributed by atoms with Gasteiger partial charge >= 0.3 is 0 Å². The summed E-state index contributed by atoms with van der Waals surface area (Å²) in [5.74, 6) is -0.165. The molecule has 0 saturated heterocycles. The lowest BCUT2D eigenvalue weighted by atomic mass is 10.1. The number of halogens is 2. The summed E-state index contributed by atoms with van der Waals surface area (Å²) in [5, 5.41) is 0. The zero-order valence-electron chi connectivity index (χ0n) is 14.5. The molecule has 1 aliphatic rings. The van der Waals surface area contributed by atoms with Gasteiger partial charge in [0.25, 0.3) is 10.0 Å². The minimum atomic E-state index is -3.85. The summed E-state index contributed by atoms with van der Waals surface area (Å²) in [6.07, 6.45) is 0.624. The normalized spacial score (nSPS) is 16.5. The van der Waals surface area contributed by atoms with Crippen molar-refractivity contribution in [3.63, 3.8) is 0 Å². The molecule has 0 aromatic heterocycles. The van der Waals surface area contributed by atoms with Gasteiger partial charge in [-0.25, -0.2) is 8.42 Å². The van der Waals surface area contributed by atoms with Crippen molar-refractivity contribution in [2.24, 2.45) is 0 Å². The topological polar surface area (TPSA) is 57.7 Å². The van der Waals surface area contributed by atoms with Crippen molar-refractivity contribution < 1.29 is 13.2 Å². The fraction of sp³-hybridized carbons (Fsp3) is 0.278. The molecule has 8 heteroatoms. The maximum atomic E-state index is 13.4. The molecule has 1 atom stereocenters. The first-order valence-electron chi connectivity index (χ1n) is 7.99. The van der Waals surface area contributed by atoms with E-state index in [0.717, 1.165) is 10.0 Å². The maximum absolute atomic E-state index is 13.4. The summed E-state index contributed by atoms with van der Waals surface area (Å²) >= 11 is 6.76. The van der Waals surface area contributed by atoms with E-state index in [-0.39, 0.29) is 16.8 Å². The number of carbonyl (C=O) groups is 1. The van der Waals surface area contributed by atoms with E-state index in [9.17, 15) is 13.2 Å². The lowest BCUT2D eigenvalue weighted by molar-refractivity contribution is -0.116. The number of hydrogen-bond donors (Lipinski definition) is 0. The van der Waals surface area contributed by atoms with E-state index < -0.39 is 10.0 Å². The minimum Gasteiger partial charge on any atom is -0.308 e. The molecule has 0 radical (unpaired) electrons. The Morgan fingerprint density at radius 2 is 1.77 bits per heavy atom. The van der Waals surface area contributed by atoms with Gasteiger partial charge < -0.3 is 4.90 Å². The monoisotopic (exact) mass is 500 g/mol. The van der Waals surface area contributed by atoms with Crippen LogP contribution in [-0.2, 0) is 21.2 Å². The van der Waals surface area contributed by atoms with Crippen LogP contribution in [0.2, 0.25) is 0 Å². The number of rotatable bonds is 3. The van der Waals surface area contributed by atoms with Crippen LogP contribution in [0, 0.1) is 0 Å². The number of benzene rings is 2. The van der Waals surface area contributed by atoms with E-state index in [4.69, 9.17) is 0 Å². The quantitative estimate of drug-likeness (QED) is 0.628. The SMILES string of the molecule is CC(=O)N1c2c(cc(Br)cc2S(=O)(=O)N(C)c2ccc(Br)cc2)CC1C. The molecule has 5 nitrogen and oxygen atoms in total. The van der Waals surface area contributed by atoms with Crippen molar-refractivity contribution in [2.45, 2.75) is 31.2 Å². The third-order valence-corrected chi connectivity index (χ3v) is 7.27. The molecule has 138 valence electrons. The van der Waals surface area contributed by atoms with E-state index in [1.165, 1.54) is 18.3 Å². The van der Waals surface area contributed by atoms with Crippen molar-refractivity contribution in [3.8, 4) is 0 Å². The largest absolute Gasteiger partial charge is 0.308 e. The van der Waals surface area contributed by atoms with Crippen LogP contribution >= 0.6 is 31.9 Å². The summed E-state index contributed by atoms with van der Waals surface area (Å²) in [6, 6.07) is 10.4. The molecular formula is C18H18Br2N2O3S. The Bertz CT molecular complexity index is 975. The molecule has 2 aromatic carbocycles. The van der Waals surface area contributed by atoms with Crippen molar-refractivity contribution in [3.05, 3.63) is 50.9 Å². The summed E-state index contributed by atoms with van der Waals surface area (Å²) in [5.41, 5.74) is 1.88. The molecule has 0 N–H and O–H groups in total. The van der Waals surface area contributed by atoms with Crippen LogP contribution in [0.3, 0.4) is 0 Å². The Morgan fingerprint density at radius 1 is 1.15 bits per heavy atom. The van der Waals surface area contributed by atoms with E-state index >= 15 is 0 Å². The van der Waals surface area contributed by atoms with Crippen LogP contribution < -0.4 is 9.21 Å². The second-order valence-corrected chi connectivity index (χ2v) is 10.1.